The first-order valence-electron chi connectivity index (χ1n) is 9.05. The maximum absolute atomic E-state index is 12.3. The van der Waals surface area contributed by atoms with Crippen LogP contribution in [0.5, 0.6) is 11.5 Å². The lowest BCUT2D eigenvalue weighted by atomic mass is 9.95. The van der Waals surface area contributed by atoms with Crippen LogP contribution in [-0.4, -0.2) is 28.9 Å². The molecule has 2 aliphatic rings. The Balaban J connectivity index is 1.31. The standard InChI is InChI=1S/C19H22N4O3/c24-19(20-11-13-6-8-16-17(10-13)26-12-25-16)15-7-9-18(23-22-15)21-14-4-2-1-3-5-14/h6-10,14H,1-5,11-12H2,(H,20,24)(H,21,23). The first-order chi connectivity index (χ1) is 12.8. The van der Waals surface area contributed by atoms with E-state index in [9.17, 15) is 4.79 Å². The molecule has 2 heterocycles. The molecule has 0 saturated heterocycles. The Morgan fingerprint density at radius 3 is 2.69 bits per heavy atom. The van der Waals surface area contributed by atoms with Crippen molar-refractivity contribution in [1.82, 2.24) is 15.5 Å². The first kappa shape index (κ1) is 16.6. The number of ether oxygens (including phenoxy) is 2. The Kier molecular flexibility index (Phi) is 4.86. The van der Waals surface area contributed by atoms with Crippen LogP contribution in [0.2, 0.25) is 0 Å². The molecule has 2 N–H and O–H groups in total. The van der Waals surface area contributed by atoms with Crippen LogP contribution in [0.15, 0.2) is 30.3 Å². The van der Waals surface area contributed by atoms with Gasteiger partial charge in [0.25, 0.3) is 5.91 Å². The third-order valence-corrected chi connectivity index (χ3v) is 4.74. The third-order valence-electron chi connectivity index (χ3n) is 4.74. The van der Waals surface area contributed by atoms with E-state index in [-0.39, 0.29) is 12.7 Å². The molecule has 0 bridgehead atoms. The van der Waals surface area contributed by atoms with Crippen molar-refractivity contribution in [1.29, 1.82) is 0 Å². The number of nitrogens with zero attached hydrogens (tertiary/aromatic N) is 2. The van der Waals surface area contributed by atoms with E-state index in [0.29, 0.717) is 24.0 Å². The lowest BCUT2D eigenvalue weighted by Crippen LogP contribution is -2.25. The van der Waals surface area contributed by atoms with Crippen molar-refractivity contribution in [3.05, 3.63) is 41.6 Å². The molecule has 0 radical (unpaired) electrons. The van der Waals surface area contributed by atoms with E-state index in [1.54, 1.807) is 6.07 Å². The van der Waals surface area contributed by atoms with Crippen LogP contribution >= 0.6 is 0 Å². The Bertz CT molecular complexity index is 773. The summed E-state index contributed by atoms with van der Waals surface area (Å²) in [4.78, 5) is 12.3. The van der Waals surface area contributed by atoms with Crippen molar-refractivity contribution in [3.63, 3.8) is 0 Å². The molecule has 1 amide bonds. The normalized spacial score (nSPS) is 16.3. The van der Waals surface area contributed by atoms with E-state index in [0.717, 1.165) is 17.1 Å². The number of hydrogen-bond donors (Lipinski definition) is 2. The topological polar surface area (TPSA) is 85.4 Å². The Morgan fingerprint density at radius 1 is 1.04 bits per heavy atom. The van der Waals surface area contributed by atoms with Crippen molar-refractivity contribution in [2.24, 2.45) is 0 Å². The summed E-state index contributed by atoms with van der Waals surface area (Å²) in [5.41, 5.74) is 1.24. The number of amides is 1. The number of carbonyl (C=O) groups excluding carboxylic acids is 1. The number of hydrogen-bond acceptors (Lipinski definition) is 6. The van der Waals surface area contributed by atoms with Crippen LogP contribution in [0.1, 0.15) is 48.2 Å². The molecule has 0 spiro atoms. The molecule has 1 saturated carbocycles. The number of rotatable bonds is 5. The number of carbonyl (C=O) groups is 1. The van der Waals surface area contributed by atoms with Crippen LogP contribution in [0.3, 0.4) is 0 Å². The van der Waals surface area contributed by atoms with Gasteiger partial charge in [0, 0.05) is 12.6 Å². The second-order valence-corrected chi connectivity index (χ2v) is 6.65. The number of anilines is 1. The van der Waals surface area contributed by atoms with Crippen molar-refractivity contribution in [2.75, 3.05) is 12.1 Å². The molecule has 2 aromatic rings. The highest BCUT2D eigenvalue weighted by Crippen LogP contribution is 2.32. The van der Waals surface area contributed by atoms with Gasteiger partial charge in [-0.05, 0) is 42.7 Å². The summed E-state index contributed by atoms with van der Waals surface area (Å²) < 4.78 is 10.6. The fourth-order valence-corrected chi connectivity index (χ4v) is 3.31. The van der Waals surface area contributed by atoms with Gasteiger partial charge >= 0.3 is 0 Å². The van der Waals surface area contributed by atoms with Crippen molar-refractivity contribution in [2.45, 2.75) is 44.7 Å². The summed E-state index contributed by atoms with van der Waals surface area (Å²) in [6.07, 6.45) is 6.15. The summed E-state index contributed by atoms with van der Waals surface area (Å²) >= 11 is 0. The monoisotopic (exact) mass is 354 g/mol. The van der Waals surface area contributed by atoms with Gasteiger partial charge in [0.15, 0.2) is 17.2 Å². The van der Waals surface area contributed by atoms with Gasteiger partial charge in [-0.15, -0.1) is 10.2 Å². The molecule has 1 aromatic heterocycles. The minimum atomic E-state index is -0.251. The lowest BCUT2D eigenvalue weighted by Gasteiger charge is -2.22. The second kappa shape index (κ2) is 7.59. The summed E-state index contributed by atoms with van der Waals surface area (Å²) in [5, 5.41) is 14.4. The molecule has 136 valence electrons. The molecule has 26 heavy (non-hydrogen) atoms. The quantitative estimate of drug-likeness (QED) is 0.859. The van der Waals surface area contributed by atoms with Gasteiger partial charge < -0.3 is 20.1 Å². The van der Waals surface area contributed by atoms with Crippen LogP contribution in [-0.2, 0) is 6.54 Å². The fourth-order valence-electron chi connectivity index (χ4n) is 3.31. The predicted octanol–water partition coefficient (Wildman–Crippen LogP) is 2.88. The lowest BCUT2D eigenvalue weighted by molar-refractivity contribution is 0.0945. The molecule has 4 rings (SSSR count). The van der Waals surface area contributed by atoms with Crippen LogP contribution in [0, 0.1) is 0 Å². The zero-order chi connectivity index (χ0) is 17.8. The summed E-state index contributed by atoms with van der Waals surface area (Å²) in [6.45, 7) is 0.626. The molecule has 0 atom stereocenters. The van der Waals surface area contributed by atoms with Crippen LogP contribution in [0.25, 0.3) is 0 Å². The smallest absolute Gasteiger partial charge is 0.272 e. The number of fused-ring (bicyclic) bond motifs is 1. The predicted molar refractivity (Wildman–Crippen MR) is 96.3 cm³/mol. The minimum Gasteiger partial charge on any atom is -0.454 e. The van der Waals surface area contributed by atoms with Gasteiger partial charge in [0.05, 0.1) is 0 Å². The number of nitrogens with one attached hydrogen (secondary N) is 2. The van der Waals surface area contributed by atoms with Crippen LogP contribution < -0.4 is 20.1 Å². The van der Waals surface area contributed by atoms with Crippen LogP contribution in [0.4, 0.5) is 5.82 Å². The zero-order valence-corrected chi connectivity index (χ0v) is 14.5. The highest BCUT2D eigenvalue weighted by atomic mass is 16.7. The van der Waals surface area contributed by atoms with Gasteiger partial charge in [0.2, 0.25) is 6.79 Å². The molecule has 1 aliphatic heterocycles. The second-order valence-electron chi connectivity index (χ2n) is 6.65. The maximum atomic E-state index is 12.3. The van der Waals surface area contributed by atoms with Gasteiger partial charge in [-0.3, -0.25) is 4.79 Å². The minimum absolute atomic E-state index is 0.238. The van der Waals surface area contributed by atoms with E-state index in [1.807, 2.05) is 24.3 Å². The first-order valence-corrected chi connectivity index (χ1v) is 9.05. The van der Waals surface area contributed by atoms with Crippen molar-refractivity contribution < 1.29 is 14.3 Å². The summed E-state index contributed by atoms with van der Waals surface area (Å²) in [7, 11) is 0. The Morgan fingerprint density at radius 2 is 1.88 bits per heavy atom. The maximum Gasteiger partial charge on any atom is 0.272 e. The molecular weight excluding hydrogens is 332 g/mol. The highest BCUT2D eigenvalue weighted by molar-refractivity contribution is 5.92. The van der Waals surface area contributed by atoms with E-state index in [2.05, 4.69) is 20.8 Å². The van der Waals surface area contributed by atoms with Crippen molar-refractivity contribution >= 4 is 11.7 Å². The molecule has 7 nitrogen and oxygen atoms in total. The zero-order valence-electron chi connectivity index (χ0n) is 14.5. The van der Waals surface area contributed by atoms with Gasteiger partial charge in [-0.2, -0.15) is 0 Å². The van der Waals surface area contributed by atoms with E-state index in [4.69, 9.17) is 9.47 Å². The van der Waals surface area contributed by atoms with E-state index >= 15 is 0 Å². The molecule has 1 aliphatic carbocycles. The fraction of sp³-hybridized carbons (Fsp3) is 0.421. The Hall–Kier alpha value is -2.83. The van der Waals surface area contributed by atoms with E-state index in [1.165, 1.54) is 32.1 Å². The molecule has 7 heteroatoms. The van der Waals surface area contributed by atoms with E-state index < -0.39 is 0 Å². The van der Waals surface area contributed by atoms with Crippen molar-refractivity contribution in [3.8, 4) is 11.5 Å². The highest BCUT2D eigenvalue weighted by Gasteiger charge is 2.16. The molecule has 0 unspecified atom stereocenters. The number of aromatic nitrogens is 2. The Labute approximate surface area is 152 Å². The molecule has 1 aromatic carbocycles. The molecule has 1 fully saturated rings. The summed E-state index contributed by atoms with van der Waals surface area (Å²) in [6, 6.07) is 9.59. The molecular formula is C19H22N4O3. The average Bonchev–Trinajstić information content (AvgIpc) is 3.15. The van der Waals surface area contributed by atoms with Gasteiger partial charge in [-0.1, -0.05) is 25.3 Å². The van der Waals surface area contributed by atoms with Gasteiger partial charge in [0.1, 0.15) is 5.82 Å². The van der Waals surface area contributed by atoms with Gasteiger partial charge in [-0.25, -0.2) is 0 Å². The summed E-state index contributed by atoms with van der Waals surface area (Å²) in [5.74, 6) is 1.91. The number of benzene rings is 1. The third kappa shape index (κ3) is 3.87. The average molecular weight is 354 g/mol. The largest absolute Gasteiger partial charge is 0.454 e. The SMILES string of the molecule is O=C(NCc1ccc2c(c1)OCO2)c1ccc(NC2CCCCC2)nn1.